The minimum atomic E-state index is -3.84. The van der Waals surface area contributed by atoms with Crippen LogP contribution in [0.4, 0.5) is 4.39 Å². The minimum absolute atomic E-state index is 0.0522. The predicted molar refractivity (Wildman–Crippen MR) is 71.2 cm³/mol. The molecule has 0 aliphatic rings. The van der Waals surface area contributed by atoms with Crippen molar-refractivity contribution in [2.75, 3.05) is 26.8 Å². The lowest BCUT2D eigenvalue weighted by Crippen LogP contribution is -2.38. The van der Waals surface area contributed by atoms with E-state index in [1.807, 2.05) is 0 Å². The van der Waals surface area contributed by atoms with Crippen molar-refractivity contribution >= 4 is 15.9 Å². The van der Waals surface area contributed by atoms with Crippen molar-refractivity contribution in [2.45, 2.75) is 11.8 Å². The fraction of sp³-hybridized carbons (Fsp3) is 0.417. The number of benzene rings is 1. The second kappa shape index (κ2) is 7.32. The second-order valence-corrected chi connectivity index (χ2v) is 5.81. The molecule has 1 aromatic rings. The van der Waals surface area contributed by atoms with Gasteiger partial charge in [0.2, 0.25) is 15.9 Å². The Labute approximate surface area is 117 Å². The van der Waals surface area contributed by atoms with Gasteiger partial charge in [-0.05, 0) is 30.7 Å². The number of sulfonamides is 1. The fourth-order valence-electron chi connectivity index (χ4n) is 1.51. The number of nitrogens with one attached hydrogen (secondary N) is 2. The average molecular weight is 304 g/mol. The molecule has 0 spiro atoms. The Balaban J connectivity index is 2.64. The summed E-state index contributed by atoms with van der Waals surface area (Å²) in [6.45, 7) is 1.74. The number of amides is 1. The fourth-order valence-corrected chi connectivity index (χ4v) is 2.71. The lowest BCUT2D eigenvalue weighted by Gasteiger charge is -2.09. The van der Waals surface area contributed by atoms with Gasteiger partial charge in [0.05, 0.1) is 18.0 Å². The normalized spacial score (nSPS) is 11.3. The molecule has 6 nitrogen and oxygen atoms in total. The molecule has 0 aliphatic carbocycles. The van der Waals surface area contributed by atoms with E-state index >= 15 is 0 Å². The van der Waals surface area contributed by atoms with E-state index in [1.165, 1.54) is 14.0 Å². The lowest BCUT2D eigenvalue weighted by molar-refractivity contribution is -0.120. The number of ether oxygens (including phenoxy) is 1. The van der Waals surface area contributed by atoms with Crippen molar-refractivity contribution in [1.82, 2.24) is 10.0 Å². The number of methoxy groups -OCH3 is 1. The van der Waals surface area contributed by atoms with Gasteiger partial charge in [0.15, 0.2) is 0 Å². The summed E-state index contributed by atoms with van der Waals surface area (Å²) in [4.78, 5) is 11.3. The first kappa shape index (κ1) is 16.5. The van der Waals surface area contributed by atoms with Crippen molar-refractivity contribution in [3.05, 3.63) is 29.6 Å². The second-order valence-electron chi connectivity index (χ2n) is 4.08. The first-order valence-electron chi connectivity index (χ1n) is 5.88. The molecule has 0 saturated carbocycles. The van der Waals surface area contributed by atoms with Crippen molar-refractivity contribution < 1.29 is 22.3 Å². The molecule has 2 N–H and O–H groups in total. The number of halogens is 1. The maximum absolute atomic E-state index is 12.9. The van der Waals surface area contributed by atoms with Gasteiger partial charge in [0.25, 0.3) is 0 Å². The van der Waals surface area contributed by atoms with Crippen LogP contribution in [-0.2, 0) is 19.6 Å². The maximum atomic E-state index is 12.9. The van der Waals surface area contributed by atoms with E-state index in [9.17, 15) is 17.6 Å². The van der Waals surface area contributed by atoms with Crippen LogP contribution in [0, 0.1) is 12.7 Å². The molecule has 0 saturated heterocycles. The molecule has 0 bridgehead atoms. The summed E-state index contributed by atoms with van der Waals surface area (Å²) >= 11 is 0. The molecule has 112 valence electrons. The van der Waals surface area contributed by atoms with Crippen molar-refractivity contribution in [1.29, 1.82) is 0 Å². The highest BCUT2D eigenvalue weighted by atomic mass is 32.2. The van der Waals surface area contributed by atoms with Gasteiger partial charge in [0, 0.05) is 13.7 Å². The van der Waals surface area contributed by atoms with E-state index in [0.29, 0.717) is 13.2 Å². The van der Waals surface area contributed by atoms with Gasteiger partial charge < -0.3 is 10.1 Å². The molecule has 1 rings (SSSR count). The smallest absolute Gasteiger partial charge is 0.241 e. The highest BCUT2D eigenvalue weighted by molar-refractivity contribution is 7.89. The Morgan fingerprint density at radius 2 is 2.10 bits per heavy atom. The molecule has 20 heavy (non-hydrogen) atoms. The average Bonchev–Trinajstić information content (AvgIpc) is 2.36. The standard InChI is InChI=1S/C12H17FN2O4S/c1-9-7-10(13)3-4-11(9)20(17,18)15-8-12(16)14-5-6-19-2/h3-4,7,15H,5-6,8H2,1-2H3,(H,14,16). The minimum Gasteiger partial charge on any atom is -0.383 e. The topological polar surface area (TPSA) is 84.5 Å². The largest absolute Gasteiger partial charge is 0.383 e. The first-order chi connectivity index (χ1) is 9.36. The Morgan fingerprint density at radius 3 is 2.70 bits per heavy atom. The molecule has 1 amide bonds. The van der Waals surface area contributed by atoms with Gasteiger partial charge in [-0.3, -0.25) is 4.79 Å². The van der Waals surface area contributed by atoms with Crippen LogP contribution in [0.5, 0.6) is 0 Å². The third kappa shape index (κ3) is 4.87. The van der Waals surface area contributed by atoms with Crippen molar-refractivity contribution in [3.8, 4) is 0 Å². The van der Waals surface area contributed by atoms with Crippen LogP contribution >= 0.6 is 0 Å². The van der Waals surface area contributed by atoms with Crippen molar-refractivity contribution in [3.63, 3.8) is 0 Å². The van der Waals surface area contributed by atoms with E-state index < -0.39 is 21.7 Å². The van der Waals surface area contributed by atoms with Crippen LogP contribution in [0.1, 0.15) is 5.56 Å². The molecule has 0 unspecified atom stereocenters. The summed E-state index contributed by atoms with van der Waals surface area (Å²) in [6, 6.07) is 3.34. The molecule has 0 aromatic heterocycles. The van der Waals surface area contributed by atoms with Crippen LogP contribution in [0.3, 0.4) is 0 Å². The number of carbonyl (C=O) groups is 1. The van der Waals surface area contributed by atoms with Crippen LogP contribution in [-0.4, -0.2) is 41.1 Å². The molecule has 0 fully saturated rings. The molecule has 8 heteroatoms. The van der Waals surface area contributed by atoms with Gasteiger partial charge in [-0.25, -0.2) is 17.5 Å². The summed E-state index contributed by atoms with van der Waals surface area (Å²) in [6.07, 6.45) is 0. The zero-order chi connectivity index (χ0) is 15.2. The monoisotopic (exact) mass is 304 g/mol. The Kier molecular flexibility index (Phi) is 6.05. The number of rotatable bonds is 7. The third-order valence-electron chi connectivity index (χ3n) is 2.48. The lowest BCUT2D eigenvalue weighted by atomic mass is 10.2. The van der Waals surface area contributed by atoms with E-state index in [0.717, 1.165) is 18.2 Å². The zero-order valence-electron chi connectivity index (χ0n) is 11.3. The summed E-state index contributed by atoms with van der Waals surface area (Å²) in [7, 11) is -2.35. The summed E-state index contributed by atoms with van der Waals surface area (Å²) in [5.74, 6) is -0.982. The molecular formula is C12H17FN2O4S. The molecule has 1 aromatic carbocycles. The predicted octanol–water partition coefficient (Wildman–Crippen LogP) is 0.175. The van der Waals surface area contributed by atoms with E-state index in [4.69, 9.17) is 4.74 Å². The molecular weight excluding hydrogens is 287 g/mol. The SMILES string of the molecule is COCCNC(=O)CNS(=O)(=O)c1ccc(F)cc1C. The molecule has 0 atom stereocenters. The van der Waals surface area contributed by atoms with E-state index in [-0.39, 0.29) is 17.0 Å². The Morgan fingerprint density at radius 1 is 1.40 bits per heavy atom. The van der Waals surface area contributed by atoms with Crippen LogP contribution in [0.15, 0.2) is 23.1 Å². The van der Waals surface area contributed by atoms with E-state index in [2.05, 4.69) is 10.0 Å². The third-order valence-corrected chi connectivity index (χ3v) is 4.04. The summed E-state index contributed by atoms with van der Waals surface area (Å²) < 4.78 is 43.8. The molecule has 0 heterocycles. The Bertz CT molecular complexity index is 575. The highest BCUT2D eigenvalue weighted by Crippen LogP contribution is 2.15. The van der Waals surface area contributed by atoms with Gasteiger partial charge in [0.1, 0.15) is 5.82 Å². The van der Waals surface area contributed by atoms with Gasteiger partial charge in [-0.15, -0.1) is 0 Å². The number of carbonyl (C=O) groups excluding carboxylic acids is 1. The first-order valence-corrected chi connectivity index (χ1v) is 7.36. The quantitative estimate of drug-likeness (QED) is 0.704. The van der Waals surface area contributed by atoms with Crippen molar-refractivity contribution in [2.24, 2.45) is 0 Å². The van der Waals surface area contributed by atoms with Crippen LogP contribution in [0.25, 0.3) is 0 Å². The number of hydrogen-bond donors (Lipinski definition) is 2. The molecule has 0 aliphatic heterocycles. The van der Waals surface area contributed by atoms with Gasteiger partial charge in [-0.1, -0.05) is 0 Å². The van der Waals surface area contributed by atoms with Gasteiger partial charge in [-0.2, -0.15) is 0 Å². The van der Waals surface area contributed by atoms with Gasteiger partial charge >= 0.3 is 0 Å². The van der Waals surface area contributed by atoms with E-state index in [1.54, 1.807) is 0 Å². The Hall–Kier alpha value is -1.51. The summed E-state index contributed by atoms with van der Waals surface area (Å²) in [5, 5.41) is 2.48. The van der Waals surface area contributed by atoms with Crippen LogP contribution in [0.2, 0.25) is 0 Å². The molecule has 0 radical (unpaired) electrons. The summed E-state index contributed by atoms with van der Waals surface area (Å²) in [5.41, 5.74) is 0.275. The number of aryl methyl sites for hydroxylation is 1. The number of hydrogen-bond acceptors (Lipinski definition) is 4. The highest BCUT2D eigenvalue weighted by Gasteiger charge is 2.18. The zero-order valence-corrected chi connectivity index (χ0v) is 12.1. The maximum Gasteiger partial charge on any atom is 0.241 e. The van der Waals surface area contributed by atoms with Crippen LogP contribution < -0.4 is 10.0 Å².